The van der Waals surface area contributed by atoms with Crippen molar-refractivity contribution in [1.82, 2.24) is 20.1 Å². The molecule has 0 fully saturated rings. The van der Waals surface area contributed by atoms with Crippen molar-refractivity contribution in [2.75, 3.05) is 20.3 Å². The van der Waals surface area contributed by atoms with Crippen LogP contribution >= 0.6 is 0 Å². The molecule has 1 aliphatic heterocycles. The summed E-state index contributed by atoms with van der Waals surface area (Å²) < 4.78 is 7.22. The SMILES string of the molecule is COC[C@@H]1CCNC(=O)c2c(-c3ccccc3)c(-c3ccncc3)nn21. The lowest BCUT2D eigenvalue weighted by Crippen LogP contribution is -2.23. The summed E-state index contributed by atoms with van der Waals surface area (Å²) >= 11 is 0. The van der Waals surface area contributed by atoms with Gasteiger partial charge in [-0.05, 0) is 24.1 Å². The van der Waals surface area contributed by atoms with E-state index in [1.165, 1.54) is 0 Å². The number of hydrogen-bond acceptors (Lipinski definition) is 4. The molecule has 2 aromatic heterocycles. The molecule has 1 aliphatic rings. The predicted octanol–water partition coefficient (Wildman–Crippen LogP) is 2.93. The summed E-state index contributed by atoms with van der Waals surface area (Å²) in [5.41, 5.74) is 4.11. The molecule has 0 bridgehead atoms. The number of amides is 1. The van der Waals surface area contributed by atoms with Crippen LogP contribution in [0.4, 0.5) is 0 Å². The van der Waals surface area contributed by atoms with Crippen LogP contribution < -0.4 is 5.32 Å². The molecule has 1 aromatic carbocycles. The first-order valence-electron chi connectivity index (χ1n) is 8.65. The highest BCUT2D eigenvalue weighted by Crippen LogP contribution is 2.36. The molecule has 3 aromatic rings. The molecule has 132 valence electrons. The smallest absolute Gasteiger partial charge is 0.270 e. The fourth-order valence-corrected chi connectivity index (χ4v) is 3.41. The molecule has 1 N–H and O–H groups in total. The van der Waals surface area contributed by atoms with E-state index in [2.05, 4.69) is 10.3 Å². The first-order valence-corrected chi connectivity index (χ1v) is 8.65. The zero-order chi connectivity index (χ0) is 17.9. The second-order valence-electron chi connectivity index (χ2n) is 6.27. The predicted molar refractivity (Wildman–Crippen MR) is 98.8 cm³/mol. The highest BCUT2D eigenvalue weighted by molar-refractivity contribution is 6.03. The Morgan fingerprint density at radius 2 is 1.92 bits per heavy atom. The van der Waals surface area contributed by atoms with E-state index >= 15 is 0 Å². The molecule has 6 nitrogen and oxygen atoms in total. The minimum atomic E-state index is -0.102. The third-order valence-electron chi connectivity index (χ3n) is 4.61. The van der Waals surface area contributed by atoms with E-state index in [1.54, 1.807) is 19.5 Å². The van der Waals surface area contributed by atoms with E-state index in [0.29, 0.717) is 18.8 Å². The quantitative estimate of drug-likeness (QED) is 0.787. The average molecular weight is 348 g/mol. The molecular formula is C20H20N4O2. The zero-order valence-electron chi connectivity index (χ0n) is 14.6. The van der Waals surface area contributed by atoms with E-state index in [4.69, 9.17) is 9.84 Å². The normalized spacial score (nSPS) is 16.7. The van der Waals surface area contributed by atoms with Crippen LogP contribution in [0.5, 0.6) is 0 Å². The number of carbonyl (C=O) groups excluding carboxylic acids is 1. The van der Waals surface area contributed by atoms with Gasteiger partial charge in [0.25, 0.3) is 5.91 Å². The summed E-state index contributed by atoms with van der Waals surface area (Å²) in [6.07, 6.45) is 4.25. The standard InChI is InChI=1S/C20H20N4O2/c1-26-13-16-9-12-22-20(25)19-17(14-5-3-2-4-6-14)18(23-24(16)19)15-7-10-21-11-8-15/h2-8,10-11,16H,9,12-13H2,1H3,(H,22,25)/t16-/m0/s1. The van der Waals surface area contributed by atoms with Crippen molar-refractivity contribution in [3.63, 3.8) is 0 Å². The van der Waals surface area contributed by atoms with Crippen molar-refractivity contribution in [1.29, 1.82) is 0 Å². The lowest BCUT2D eigenvalue weighted by atomic mass is 9.99. The molecule has 0 saturated carbocycles. The van der Waals surface area contributed by atoms with Gasteiger partial charge in [-0.3, -0.25) is 14.5 Å². The van der Waals surface area contributed by atoms with E-state index in [-0.39, 0.29) is 11.9 Å². The van der Waals surface area contributed by atoms with Crippen molar-refractivity contribution >= 4 is 5.91 Å². The van der Waals surface area contributed by atoms with Crippen molar-refractivity contribution in [2.24, 2.45) is 0 Å². The summed E-state index contributed by atoms with van der Waals surface area (Å²) in [5, 5.41) is 7.85. The van der Waals surface area contributed by atoms with Gasteiger partial charge in [0.1, 0.15) is 11.4 Å². The number of methoxy groups -OCH3 is 1. The van der Waals surface area contributed by atoms with Gasteiger partial charge in [-0.2, -0.15) is 5.10 Å². The fourth-order valence-electron chi connectivity index (χ4n) is 3.41. The Hall–Kier alpha value is -2.99. The maximum Gasteiger partial charge on any atom is 0.270 e. The van der Waals surface area contributed by atoms with Gasteiger partial charge in [0.15, 0.2) is 0 Å². The van der Waals surface area contributed by atoms with Crippen molar-refractivity contribution < 1.29 is 9.53 Å². The second-order valence-corrected chi connectivity index (χ2v) is 6.27. The van der Waals surface area contributed by atoms with Crippen LogP contribution in [0.2, 0.25) is 0 Å². The maximum absolute atomic E-state index is 12.9. The van der Waals surface area contributed by atoms with Gasteiger partial charge in [0.05, 0.1) is 12.6 Å². The largest absolute Gasteiger partial charge is 0.382 e. The molecule has 1 amide bonds. The third kappa shape index (κ3) is 2.88. The van der Waals surface area contributed by atoms with Crippen LogP contribution in [0.1, 0.15) is 23.0 Å². The Labute approximate surface area is 151 Å². The molecule has 26 heavy (non-hydrogen) atoms. The molecular weight excluding hydrogens is 328 g/mol. The average Bonchev–Trinajstić information content (AvgIpc) is 3.02. The van der Waals surface area contributed by atoms with Crippen LogP contribution in [0.15, 0.2) is 54.9 Å². The Morgan fingerprint density at radius 1 is 1.15 bits per heavy atom. The molecule has 0 saturated heterocycles. The van der Waals surface area contributed by atoms with E-state index in [0.717, 1.165) is 28.8 Å². The van der Waals surface area contributed by atoms with Gasteiger partial charge in [0.2, 0.25) is 0 Å². The number of fused-ring (bicyclic) bond motifs is 1. The fraction of sp³-hybridized carbons (Fsp3) is 0.250. The first-order chi connectivity index (χ1) is 12.8. The first kappa shape index (κ1) is 16.5. The monoisotopic (exact) mass is 348 g/mol. The number of benzene rings is 1. The Bertz CT molecular complexity index is 906. The van der Waals surface area contributed by atoms with Gasteiger partial charge in [-0.15, -0.1) is 0 Å². The number of rotatable bonds is 4. The van der Waals surface area contributed by atoms with Gasteiger partial charge in [-0.25, -0.2) is 0 Å². The summed E-state index contributed by atoms with van der Waals surface area (Å²) in [6, 6.07) is 13.7. The van der Waals surface area contributed by atoms with Crippen LogP contribution in [-0.2, 0) is 4.74 Å². The third-order valence-corrected chi connectivity index (χ3v) is 4.61. The van der Waals surface area contributed by atoms with Gasteiger partial charge >= 0.3 is 0 Å². The topological polar surface area (TPSA) is 69.0 Å². The van der Waals surface area contributed by atoms with Crippen LogP contribution in [0, 0.1) is 0 Å². The van der Waals surface area contributed by atoms with Crippen molar-refractivity contribution in [3.8, 4) is 22.4 Å². The Kier molecular flexibility index (Phi) is 4.50. The molecule has 1 atom stereocenters. The zero-order valence-corrected chi connectivity index (χ0v) is 14.6. The summed E-state index contributed by atoms with van der Waals surface area (Å²) in [4.78, 5) is 17.0. The number of ether oxygens (including phenoxy) is 1. The molecule has 0 radical (unpaired) electrons. The number of aromatic nitrogens is 3. The van der Waals surface area contributed by atoms with Crippen LogP contribution in [-0.4, -0.2) is 40.9 Å². The Balaban J connectivity index is 1.99. The highest BCUT2D eigenvalue weighted by Gasteiger charge is 2.31. The summed E-state index contributed by atoms with van der Waals surface area (Å²) in [7, 11) is 1.67. The summed E-state index contributed by atoms with van der Waals surface area (Å²) in [5.74, 6) is -0.102. The second kappa shape index (κ2) is 7.09. The number of hydrogen-bond donors (Lipinski definition) is 1. The van der Waals surface area contributed by atoms with Crippen molar-refractivity contribution in [3.05, 3.63) is 60.6 Å². The molecule has 3 heterocycles. The number of carbonyl (C=O) groups is 1. The minimum absolute atomic E-state index is 0.00648. The molecule has 0 spiro atoms. The van der Waals surface area contributed by atoms with Gasteiger partial charge in [-0.1, -0.05) is 30.3 Å². The molecule has 4 rings (SSSR count). The van der Waals surface area contributed by atoms with E-state index < -0.39 is 0 Å². The maximum atomic E-state index is 12.9. The number of pyridine rings is 1. The lowest BCUT2D eigenvalue weighted by Gasteiger charge is -2.15. The number of nitrogens with one attached hydrogen (secondary N) is 1. The summed E-state index contributed by atoms with van der Waals surface area (Å²) in [6.45, 7) is 1.11. The van der Waals surface area contributed by atoms with Crippen LogP contribution in [0.25, 0.3) is 22.4 Å². The number of nitrogens with zero attached hydrogens (tertiary/aromatic N) is 3. The Morgan fingerprint density at radius 3 is 2.65 bits per heavy atom. The van der Waals surface area contributed by atoms with E-state index in [9.17, 15) is 4.79 Å². The van der Waals surface area contributed by atoms with Crippen LogP contribution in [0.3, 0.4) is 0 Å². The minimum Gasteiger partial charge on any atom is -0.382 e. The molecule has 6 heteroatoms. The van der Waals surface area contributed by atoms with E-state index in [1.807, 2.05) is 47.1 Å². The van der Waals surface area contributed by atoms with Crippen molar-refractivity contribution in [2.45, 2.75) is 12.5 Å². The highest BCUT2D eigenvalue weighted by atomic mass is 16.5. The lowest BCUT2D eigenvalue weighted by molar-refractivity contribution is 0.0950. The molecule has 0 unspecified atom stereocenters. The molecule has 0 aliphatic carbocycles. The van der Waals surface area contributed by atoms with Gasteiger partial charge < -0.3 is 10.1 Å². The van der Waals surface area contributed by atoms with Gasteiger partial charge in [0, 0.05) is 37.2 Å².